The van der Waals surface area contributed by atoms with Crippen molar-refractivity contribution in [3.8, 4) is 39.1 Å². The first kappa shape index (κ1) is 65.3. The highest BCUT2D eigenvalue weighted by atomic mass is 32.1. The van der Waals surface area contributed by atoms with Crippen molar-refractivity contribution in [1.29, 1.82) is 0 Å². The number of benzene rings is 14. The van der Waals surface area contributed by atoms with Crippen molar-refractivity contribution in [3.05, 3.63) is 331 Å². The molecule has 18 rings (SSSR count). The van der Waals surface area contributed by atoms with Gasteiger partial charge in [-0.2, -0.15) is 0 Å². The second-order valence-electron chi connectivity index (χ2n) is 35.6. The van der Waals surface area contributed by atoms with Crippen LogP contribution in [0.5, 0.6) is 0 Å². The van der Waals surface area contributed by atoms with Gasteiger partial charge in [-0.15, -0.1) is 11.3 Å². The maximum atomic E-state index is 9.98. The fourth-order valence-electron chi connectivity index (χ4n) is 17.0. The van der Waals surface area contributed by atoms with Gasteiger partial charge in [-0.1, -0.05) is 286 Å². The lowest BCUT2D eigenvalue weighted by Crippen LogP contribution is -2.60. The van der Waals surface area contributed by atoms with Crippen LogP contribution in [0.2, 0.25) is 0 Å². The van der Waals surface area contributed by atoms with Crippen molar-refractivity contribution in [2.24, 2.45) is 0 Å². The highest BCUT2D eigenvalue weighted by Crippen LogP contribution is 2.55. The Hall–Kier alpha value is -11.6. The molecule has 0 unspecified atom stereocenters. The molecule has 0 amide bonds. The second kappa shape index (κ2) is 26.6. The SMILES string of the molecule is [2H]c1c([2H])c([2H])c(N(c2ccc(C(C)(C)C)cc2)c2ccc3c(c2)N(c2c(-c4ccccc4)cc(-c4ccccc4)cc2-c2ccccc2)c2cc(-n4c5ccc(C(C)(C)C)cc5c5cc(C(C)(C)C)ccc54)cc4c2B3c2c(cc(N(c3ccc(C(C)(C)C)cc3)c3ccc(C(C)(C)C)cc3)c3c2sc2ccccc23)N4)c([2H])c1[2H]. The molecule has 4 heterocycles. The minimum Gasteiger partial charge on any atom is -0.356 e. The minimum atomic E-state index is -0.458. The maximum Gasteiger partial charge on any atom is 0.253 e. The lowest BCUT2D eigenvalue weighted by Gasteiger charge is -2.43. The number of para-hydroxylation sites is 1. The van der Waals surface area contributed by atoms with Crippen molar-refractivity contribution in [3.63, 3.8) is 0 Å². The molecule has 14 aromatic carbocycles. The first-order valence-corrected chi connectivity index (χ1v) is 39.9. The van der Waals surface area contributed by atoms with Crippen LogP contribution in [0.4, 0.5) is 62.6 Å². The largest absolute Gasteiger partial charge is 0.356 e. The number of hydrogen-bond acceptors (Lipinski definition) is 5. The topological polar surface area (TPSA) is 26.7 Å². The molecule has 546 valence electrons. The van der Waals surface area contributed by atoms with E-state index in [0.29, 0.717) is 11.4 Å². The molecule has 0 radical (unpaired) electrons. The summed E-state index contributed by atoms with van der Waals surface area (Å²) < 4.78 is 52.6. The van der Waals surface area contributed by atoms with Crippen LogP contribution in [0, 0.1) is 0 Å². The number of nitrogens with zero attached hydrogens (tertiary/aromatic N) is 4. The summed E-state index contributed by atoms with van der Waals surface area (Å²) in [6.07, 6.45) is 0. The van der Waals surface area contributed by atoms with Gasteiger partial charge < -0.3 is 24.6 Å². The van der Waals surface area contributed by atoms with Crippen molar-refractivity contribution in [2.75, 3.05) is 20.0 Å². The first-order chi connectivity index (χ1) is 55.3. The third kappa shape index (κ3) is 12.5. The Bertz CT molecular complexity index is 6400. The third-order valence-corrected chi connectivity index (χ3v) is 24.2. The van der Waals surface area contributed by atoms with Gasteiger partial charge in [0.05, 0.1) is 34.9 Å². The fraction of sp³-hybridized carbons (Fsp3) is 0.192. The molecule has 5 nitrogen and oxygen atoms in total. The van der Waals surface area contributed by atoms with Crippen molar-refractivity contribution < 1.29 is 6.85 Å². The number of thiophene rings is 1. The monoisotopic (exact) mass is 1460 g/mol. The summed E-state index contributed by atoms with van der Waals surface area (Å²) in [5.41, 5.74) is 27.0. The van der Waals surface area contributed by atoms with Crippen LogP contribution in [-0.4, -0.2) is 11.3 Å². The highest BCUT2D eigenvalue weighted by molar-refractivity contribution is 7.28. The average molecular weight is 1460 g/mol. The molecule has 2 aliphatic rings. The molecule has 1 N–H and O–H groups in total. The summed E-state index contributed by atoms with van der Waals surface area (Å²) in [5, 5.41) is 9.06. The smallest absolute Gasteiger partial charge is 0.253 e. The second-order valence-corrected chi connectivity index (χ2v) is 36.6. The number of nitrogens with one attached hydrogen (secondary N) is 1. The highest BCUT2D eigenvalue weighted by Gasteiger charge is 2.45. The number of rotatable bonds is 11. The van der Waals surface area contributed by atoms with Gasteiger partial charge in [0, 0.05) is 93.3 Å². The van der Waals surface area contributed by atoms with E-state index >= 15 is 0 Å². The predicted octanol–water partition coefficient (Wildman–Crippen LogP) is 27.9. The lowest BCUT2D eigenvalue weighted by atomic mass is 9.33. The van der Waals surface area contributed by atoms with Gasteiger partial charge in [-0.25, -0.2) is 0 Å². The van der Waals surface area contributed by atoms with Crippen LogP contribution in [0.15, 0.2) is 303 Å². The number of hydrogen-bond donors (Lipinski definition) is 1. The quantitative estimate of drug-likeness (QED) is 0.131. The van der Waals surface area contributed by atoms with Gasteiger partial charge in [0.2, 0.25) is 0 Å². The zero-order valence-electron chi connectivity index (χ0n) is 71.3. The van der Waals surface area contributed by atoms with E-state index in [4.69, 9.17) is 1.37 Å². The Morgan fingerprint density at radius 1 is 0.360 bits per heavy atom. The molecule has 16 aromatic rings. The normalized spacial score (nSPS) is 13.7. The van der Waals surface area contributed by atoms with Gasteiger partial charge in [0.15, 0.2) is 0 Å². The van der Waals surface area contributed by atoms with Crippen LogP contribution >= 0.6 is 11.3 Å². The number of anilines is 11. The van der Waals surface area contributed by atoms with E-state index in [1.54, 1.807) is 0 Å². The van der Waals surface area contributed by atoms with Gasteiger partial charge in [-0.05, 0) is 215 Å². The van der Waals surface area contributed by atoms with Crippen molar-refractivity contribution in [1.82, 2.24) is 4.57 Å². The van der Waals surface area contributed by atoms with Gasteiger partial charge >= 0.3 is 0 Å². The third-order valence-electron chi connectivity index (χ3n) is 23.0. The average Bonchev–Trinajstić information content (AvgIpc) is 1.17. The maximum absolute atomic E-state index is 9.98. The molecular formula is C104H96BN5S. The summed E-state index contributed by atoms with van der Waals surface area (Å²) in [5.74, 6) is 0. The van der Waals surface area contributed by atoms with Crippen molar-refractivity contribution >= 4 is 139 Å². The van der Waals surface area contributed by atoms with Gasteiger partial charge in [-0.3, -0.25) is 0 Å². The molecule has 0 atom stereocenters. The number of fused-ring (bicyclic) bond motifs is 11. The molecule has 2 aliphatic heterocycles. The summed E-state index contributed by atoms with van der Waals surface area (Å²) in [6.45, 7) is 33.6. The molecule has 0 saturated carbocycles. The predicted molar refractivity (Wildman–Crippen MR) is 482 cm³/mol. The molecule has 0 aliphatic carbocycles. The van der Waals surface area contributed by atoms with E-state index in [0.717, 1.165) is 133 Å². The van der Waals surface area contributed by atoms with Crippen LogP contribution in [0.25, 0.3) is 81.0 Å². The zero-order valence-corrected chi connectivity index (χ0v) is 67.1. The molecule has 7 heteroatoms. The van der Waals surface area contributed by atoms with E-state index in [-0.39, 0.29) is 44.8 Å². The van der Waals surface area contributed by atoms with E-state index in [2.05, 4.69) is 384 Å². The summed E-state index contributed by atoms with van der Waals surface area (Å²) in [6, 6.07) is 98.9. The molecule has 0 saturated heterocycles. The van der Waals surface area contributed by atoms with E-state index in [1.165, 1.54) is 37.7 Å². The van der Waals surface area contributed by atoms with Crippen LogP contribution in [-0.2, 0) is 27.1 Å². The van der Waals surface area contributed by atoms with E-state index < -0.39 is 24.8 Å². The molecule has 0 fully saturated rings. The summed E-state index contributed by atoms with van der Waals surface area (Å²) >= 11 is 1.84. The number of aromatic nitrogens is 1. The molecule has 2 aromatic heterocycles. The van der Waals surface area contributed by atoms with Gasteiger partial charge in [0.1, 0.15) is 0 Å². The fourth-order valence-corrected chi connectivity index (χ4v) is 18.3. The molecule has 0 bridgehead atoms. The molecule has 111 heavy (non-hydrogen) atoms. The Morgan fingerprint density at radius 3 is 1.32 bits per heavy atom. The van der Waals surface area contributed by atoms with Crippen LogP contribution in [0.1, 0.15) is 139 Å². The van der Waals surface area contributed by atoms with Crippen LogP contribution in [0.3, 0.4) is 0 Å². The van der Waals surface area contributed by atoms with E-state index in [9.17, 15) is 5.48 Å². The lowest BCUT2D eigenvalue weighted by molar-refractivity contribution is 0.590. The zero-order chi connectivity index (χ0) is 81.1. The van der Waals surface area contributed by atoms with Gasteiger partial charge in [0.25, 0.3) is 6.71 Å². The Labute approximate surface area is 667 Å². The first-order valence-electron chi connectivity index (χ1n) is 41.6. The van der Waals surface area contributed by atoms with E-state index in [1.807, 2.05) is 28.4 Å². The Balaban J connectivity index is 1.03. The Kier molecular flexibility index (Phi) is 15.6. The molecular weight excluding hydrogens is 1360 g/mol. The molecule has 0 spiro atoms. The van der Waals surface area contributed by atoms with Crippen molar-refractivity contribution in [2.45, 2.75) is 131 Å². The standard InChI is InChI=1S/C104H96BN5S/c1-100(2,3)70-40-48-76(49-41-70)107(75-36-26-19-27-37-75)79-54-55-86-91(63-79)110(98-82(67-32-22-17-23-33-67)58-69(66-30-20-16-21-31-66)59-83(98)68-34-24-18-25-35-68)93-64-80(109-89-56-46-73(103(10,11)12)60-84(89)85-61-74(104(13,14)15)47-57-90(85)109)62-87-96(93)105(86)97-88(106-87)65-92(95-81-38-28-29-39-94(81)111-99(95)97)108(77-50-42-71(43-51-77)101(4,5)6)78-52-44-72(45-53-78)102(7,8)9/h16-65,106H,1-15H3/i19D,26D,27D,36D,37D. The van der Waals surface area contributed by atoms with Crippen LogP contribution < -0.4 is 36.4 Å². The Morgan fingerprint density at radius 2 is 0.811 bits per heavy atom. The summed E-state index contributed by atoms with van der Waals surface area (Å²) in [7, 11) is 0. The summed E-state index contributed by atoms with van der Waals surface area (Å²) in [4.78, 5) is 6.92. The minimum absolute atomic E-state index is 0.0434.